The summed E-state index contributed by atoms with van der Waals surface area (Å²) in [6.07, 6.45) is 0. The molecule has 0 heterocycles. The highest BCUT2D eigenvalue weighted by atomic mass is 28.4. The Balaban J connectivity index is 4.99. The lowest BCUT2D eigenvalue weighted by molar-refractivity contribution is -0.353. The summed E-state index contributed by atoms with van der Waals surface area (Å²) in [5, 5.41) is 0. The molecule has 0 aromatic rings. The molecule has 0 unspecified atom stereocenters. The van der Waals surface area contributed by atoms with E-state index in [-0.39, 0.29) is 0 Å². The van der Waals surface area contributed by atoms with Gasteiger partial charge < -0.3 is 22.8 Å². The van der Waals surface area contributed by atoms with E-state index in [1.165, 1.54) is 0 Å². The van der Waals surface area contributed by atoms with Crippen molar-refractivity contribution in [1.82, 2.24) is 0 Å². The fourth-order valence-electron chi connectivity index (χ4n) is 1.60. The first-order chi connectivity index (χ1) is 9.01. The molecular weight excluding hydrogens is 268 g/mol. The normalized spacial score (nSPS) is 12.9. The van der Waals surface area contributed by atoms with Gasteiger partial charge in [0.1, 0.15) is 0 Å². The third-order valence-electron chi connectivity index (χ3n) is 2.09. The minimum absolute atomic E-state index is 0.431. The van der Waals surface area contributed by atoms with Crippen molar-refractivity contribution < 1.29 is 27.2 Å². The molecule has 6 nitrogen and oxygen atoms in total. The predicted molar refractivity (Wildman–Crippen MR) is 73.4 cm³/mol. The molecule has 0 aliphatic carbocycles. The van der Waals surface area contributed by atoms with Crippen LogP contribution in [-0.2, 0) is 27.2 Å². The van der Waals surface area contributed by atoms with Crippen LogP contribution >= 0.6 is 0 Å². The molecule has 0 aliphatic heterocycles. The average molecular weight is 296 g/mol. The number of rotatable bonds is 12. The zero-order valence-electron chi connectivity index (χ0n) is 13.0. The minimum Gasteiger partial charge on any atom is -0.351 e. The van der Waals surface area contributed by atoms with Crippen molar-refractivity contribution in [2.75, 3.05) is 33.0 Å². The minimum atomic E-state index is -3.26. The van der Waals surface area contributed by atoms with Crippen molar-refractivity contribution in [3.63, 3.8) is 0 Å². The molecule has 0 aromatic heterocycles. The quantitative estimate of drug-likeness (QED) is 0.407. The summed E-state index contributed by atoms with van der Waals surface area (Å²) in [4.78, 5) is 0. The van der Waals surface area contributed by atoms with Crippen LogP contribution in [0.5, 0.6) is 0 Å². The Hall–Kier alpha value is -0.0231. The van der Waals surface area contributed by atoms with E-state index in [2.05, 4.69) is 0 Å². The van der Waals surface area contributed by atoms with Crippen LogP contribution in [0.2, 0.25) is 0 Å². The van der Waals surface area contributed by atoms with Crippen molar-refractivity contribution in [3.05, 3.63) is 0 Å². The number of hydrogen-bond acceptors (Lipinski definition) is 6. The van der Waals surface area contributed by atoms with Crippen LogP contribution in [0.3, 0.4) is 0 Å². The maximum Gasteiger partial charge on any atom is 0.683 e. The molecule has 116 valence electrons. The third kappa shape index (κ3) is 6.80. The second-order valence-electron chi connectivity index (χ2n) is 3.63. The van der Waals surface area contributed by atoms with Gasteiger partial charge >= 0.3 is 9.05 Å². The molecule has 0 saturated heterocycles. The second-order valence-corrected chi connectivity index (χ2v) is 5.70. The Labute approximate surface area is 117 Å². The fraction of sp³-hybridized carbons (Fsp3) is 1.00. The SMILES string of the molecule is CCOC(C)(OCC)O[Si](OCC)(OCC)OCC. The van der Waals surface area contributed by atoms with Gasteiger partial charge in [-0.2, -0.15) is 0 Å². The Bertz CT molecular complexity index is 203. The van der Waals surface area contributed by atoms with Gasteiger partial charge in [-0.15, -0.1) is 0 Å². The second kappa shape index (κ2) is 9.81. The van der Waals surface area contributed by atoms with E-state index in [1.807, 2.05) is 34.6 Å². The molecule has 0 atom stereocenters. The summed E-state index contributed by atoms with van der Waals surface area (Å²) < 4.78 is 33.7. The van der Waals surface area contributed by atoms with Gasteiger partial charge in [0, 0.05) is 40.0 Å². The summed E-state index contributed by atoms with van der Waals surface area (Å²) in [5.74, 6) is -1.23. The number of ether oxygens (including phenoxy) is 2. The molecule has 0 amide bonds. The van der Waals surface area contributed by atoms with E-state index < -0.39 is 15.0 Å². The zero-order valence-corrected chi connectivity index (χ0v) is 14.0. The Morgan fingerprint density at radius 3 is 1.32 bits per heavy atom. The largest absolute Gasteiger partial charge is 0.683 e. The first kappa shape index (κ1) is 19.0. The van der Waals surface area contributed by atoms with Gasteiger partial charge in [0.15, 0.2) is 0 Å². The lowest BCUT2D eigenvalue weighted by Gasteiger charge is -2.36. The molecule has 0 bridgehead atoms. The van der Waals surface area contributed by atoms with E-state index in [9.17, 15) is 0 Å². The maximum atomic E-state index is 5.86. The summed E-state index contributed by atoms with van der Waals surface area (Å²) in [6.45, 7) is 13.2. The highest BCUT2D eigenvalue weighted by Gasteiger charge is 2.51. The van der Waals surface area contributed by atoms with Crippen molar-refractivity contribution in [1.29, 1.82) is 0 Å². The standard InChI is InChI=1S/C12H28O6Si/c1-7-13-12(6,14-8-2)18-19(15-9-3,16-10-4)17-11-5/h7-11H2,1-6H3. The Kier molecular flexibility index (Phi) is 9.80. The topological polar surface area (TPSA) is 55.4 Å². The van der Waals surface area contributed by atoms with Crippen molar-refractivity contribution in [2.45, 2.75) is 47.5 Å². The first-order valence-electron chi connectivity index (χ1n) is 6.91. The van der Waals surface area contributed by atoms with Gasteiger partial charge in [0.25, 0.3) is 5.97 Å². The van der Waals surface area contributed by atoms with Gasteiger partial charge in [-0.3, -0.25) is 4.43 Å². The first-order valence-corrected chi connectivity index (χ1v) is 8.54. The Morgan fingerprint density at radius 2 is 1.05 bits per heavy atom. The molecule has 0 aliphatic rings. The van der Waals surface area contributed by atoms with Crippen LogP contribution in [0.15, 0.2) is 0 Å². The van der Waals surface area contributed by atoms with Crippen molar-refractivity contribution in [2.24, 2.45) is 0 Å². The molecule has 0 radical (unpaired) electrons. The van der Waals surface area contributed by atoms with Gasteiger partial charge in [0.05, 0.1) is 0 Å². The summed E-state index contributed by atoms with van der Waals surface area (Å²) >= 11 is 0. The zero-order chi connectivity index (χ0) is 14.8. The van der Waals surface area contributed by atoms with Crippen LogP contribution in [0, 0.1) is 0 Å². The highest BCUT2D eigenvalue weighted by Crippen LogP contribution is 2.24. The fourth-order valence-corrected chi connectivity index (χ4v) is 3.66. The lowest BCUT2D eigenvalue weighted by atomic mass is 10.6. The monoisotopic (exact) mass is 296 g/mol. The molecule has 7 heteroatoms. The lowest BCUT2D eigenvalue weighted by Crippen LogP contribution is -2.56. The molecule has 0 fully saturated rings. The van der Waals surface area contributed by atoms with Gasteiger partial charge in [-0.05, 0) is 34.6 Å². The van der Waals surface area contributed by atoms with Crippen LogP contribution in [0.25, 0.3) is 0 Å². The summed E-state index contributed by atoms with van der Waals surface area (Å²) in [6, 6.07) is 0. The highest BCUT2D eigenvalue weighted by molar-refractivity contribution is 6.53. The third-order valence-corrected chi connectivity index (χ3v) is 4.63. The molecule has 19 heavy (non-hydrogen) atoms. The molecular formula is C12H28O6Si. The molecule has 0 spiro atoms. The summed E-state index contributed by atoms with van der Waals surface area (Å²) in [5.41, 5.74) is 0. The van der Waals surface area contributed by atoms with E-state index in [0.717, 1.165) is 0 Å². The van der Waals surface area contributed by atoms with Crippen molar-refractivity contribution in [3.8, 4) is 0 Å². The van der Waals surface area contributed by atoms with Gasteiger partial charge in [0.2, 0.25) is 0 Å². The smallest absolute Gasteiger partial charge is 0.351 e. The van der Waals surface area contributed by atoms with Gasteiger partial charge in [-0.1, -0.05) is 0 Å². The van der Waals surface area contributed by atoms with Crippen molar-refractivity contribution >= 4 is 9.05 Å². The van der Waals surface area contributed by atoms with Gasteiger partial charge in [-0.25, -0.2) is 0 Å². The number of hydrogen-bond donors (Lipinski definition) is 0. The van der Waals surface area contributed by atoms with Crippen LogP contribution in [0.4, 0.5) is 0 Å². The van der Waals surface area contributed by atoms with Crippen LogP contribution in [0.1, 0.15) is 41.5 Å². The molecule has 0 saturated carbocycles. The van der Waals surface area contributed by atoms with E-state index in [1.54, 1.807) is 6.92 Å². The van der Waals surface area contributed by atoms with E-state index >= 15 is 0 Å². The predicted octanol–water partition coefficient (Wildman–Crippen LogP) is 2.29. The van der Waals surface area contributed by atoms with E-state index in [0.29, 0.717) is 33.0 Å². The van der Waals surface area contributed by atoms with Crippen LogP contribution < -0.4 is 0 Å². The summed E-state index contributed by atoms with van der Waals surface area (Å²) in [7, 11) is -3.26. The average Bonchev–Trinajstić information content (AvgIpc) is 2.30. The van der Waals surface area contributed by atoms with Crippen LogP contribution in [-0.4, -0.2) is 48.1 Å². The Morgan fingerprint density at radius 1 is 0.684 bits per heavy atom. The molecule has 0 rings (SSSR count). The maximum absolute atomic E-state index is 5.86. The molecule has 0 N–H and O–H groups in total. The van der Waals surface area contributed by atoms with E-state index in [4.69, 9.17) is 27.2 Å². The molecule has 0 aromatic carbocycles.